The highest BCUT2D eigenvalue weighted by atomic mass is 32.2. The van der Waals surface area contributed by atoms with Crippen LogP contribution in [0.1, 0.15) is 58.3 Å². The van der Waals surface area contributed by atoms with Gasteiger partial charge < -0.3 is 10.2 Å². The Morgan fingerprint density at radius 1 is 1.00 bits per heavy atom. The summed E-state index contributed by atoms with van der Waals surface area (Å²) in [5.74, 6) is 1.18. The number of likely N-dealkylation sites (tertiary alicyclic amines) is 1. The minimum atomic E-state index is -3.03. The van der Waals surface area contributed by atoms with Gasteiger partial charge in [0, 0.05) is 31.5 Å². The largest absolute Gasteiger partial charge is 0.355 e. The van der Waals surface area contributed by atoms with Crippen LogP contribution in [0.5, 0.6) is 0 Å². The summed E-state index contributed by atoms with van der Waals surface area (Å²) in [7, 11) is -3.03. The van der Waals surface area contributed by atoms with Gasteiger partial charge in [0.1, 0.15) is 0 Å². The second-order valence-electron chi connectivity index (χ2n) is 8.81. The number of nitrogens with one attached hydrogen (secondary N) is 1. The second kappa shape index (κ2) is 8.93. The summed E-state index contributed by atoms with van der Waals surface area (Å²) in [6.07, 6.45) is 8.73. The second-order valence-corrected chi connectivity index (χ2v) is 11.0. The van der Waals surface area contributed by atoms with E-state index >= 15 is 0 Å². The molecule has 1 N–H and O–H groups in total. The van der Waals surface area contributed by atoms with Crippen molar-refractivity contribution in [2.75, 3.05) is 31.1 Å². The quantitative estimate of drug-likeness (QED) is 0.711. The predicted octanol–water partition coefficient (Wildman–Crippen LogP) is 1.99. The van der Waals surface area contributed by atoms with Crippen LogP contribution in [0.2, 0.25) is 0 Å². The number of hydrogen-bond acceptors (Lipinski definition) is 4. The fraction of sp³-hybridized carbons (Fsp3) is 0.900. The van der Waals surface area contributed by atoms with Crippen molar-refractivity contribution >= 4 is 21.7 Å². The number of amides is 2. The topological polar surface area (TPSA) is 83.6 Å². The molecule has 2 amide bonds. The van der Waals surface area contributed by atoms with E-state index in [1.165, 1.54) is 32.1 Å². The van der Waals surface area contributed by atoms with Crippen LogP contribution in [0.3, 0.4) is 0 Å². The fourth-order valence-electron chi connectivity index (χ4n) is 4.72. The Hall–Kier alpha value is -1.11. The van der Waals surface area contributed by atoms with Gasteiger partial charge in [-0.05, 0) is 38.0 Å². The lowest BCUT2D eigenvalue weighted by atomic mass is 9.78. The predicted molar refractivity (Wildman–Crippen MR) is 105 cm³/mol. The van der Waals surface area contributed by atoms with Gasteiger partial charge in [0.2, 0.25) is 11.8 Å². The molecular weight excluding hydrogens is 364 g/mol. The highest BCUT2D eigenvalue weighted by Crippen LogP contribution is 2.34. The van der Waals surface area contributed by atoms with Crippen molar-refractivity contribution in [2.24, 2.45) is 23.7 Å². The van der Waals surface area contributed by atoms with E-state index in [9.17, 15) is 18.0 Å². The average molecular weight is 399 g/mol. The third-order valence-electron chi connectivity index (χ3n) is 6.60. The minimum absolute atomic E-state index is 0.0188. The minimum Gasteiger partial charge on any atom is -0.355 e. The molecule has 0 spiro atoms. The van der Waals surface area contributed by atoms with Crippen molar-refractivity contribution in [1.29, 1.82) is 0 Å². The normalized spacial score (nSPS) is 30.7. The van der Waals surface area contributed by atoms with Gasteiger partial charge in [-0.15, -0.1) is 0 Å². The molecular formula is C20H34N2O4S. The highest BCUT2D eigenvalue weighted by Gasteiger charge is 2.37. The van der Waals surface area contributed by atoms with Crippen LogP contribution >= 0.6 is 0 Å². The Kier molecular flexibility index (Phi) is 6.82. The molecule has 1 unspecified atom stereocenters. The summed E-state index contributed by atoms with van der Waals surface area (Å²) in [5, 5.41) is 2.89. The van der Waals surface area contributed by atoms with Crippen LogP contribution in [0.15, 0.2) is 0 Å². The number of sulfone groups is 1. The van der Waals surface area contributed by atoms with Crippen LogP contribution in [-0.4, -0.2) is 56.3 Å². The maximum atomic E-state index is 12.6. The Bertz CT molecular complexity index is 634. The molecule has 2 aliphatic heterocycles. The van der Waals surface area contributed by atoms with E-state index in [0.717, 1.165) is 31.8 Å². The smallest absolute Gasteiger partial charge is 0.225 e. The zero-order valence-corrected chi connectivity index (χ0v) is 17.3. The molecule has 3 aliphatic rings. The lowest BCUT2D eigenvalue weighted by Gasteiger charge is -2.42. The molecule has 7 heteroatoms. The molecule has 0 aromatic heterocycles. The number of carbonyl (C=O) groups is 2. The van der Waals surface area contributed by atoms with E-state index in [0.29, 0.717) is 24.8 Å². The van der Waals surface area contributed by atoms with Crippen LogP contribution in [-0.2, 0) is 19.4 Å². The molecule has 0 radical (unpaired) electrons. The van der Waals surface area contributed by atoms with Crippen molar-refractivity contribution in [1.82, 2.24) is 10.2 Å². The SMILES string of the molecule is CCCCC1CCC(C(=O)N2CC(CNC(=O)C3CCS(=O)(=O)C3)C2)CC1. The highest BCUT2D eigenvalue weighted by molar-refractivity contribution is 7.91. The molecule has 27 heavy (non-hydrogen) atoms. The van der Waals surface area contributed by atoms with Gasteiger partial charge in [0.05, 0.1) is 17.4 Å². The van der Waals surface area contributed by atoms with Crippen molar-refractivity contribution < 1.29 is 18.0 Å². The molecule has 1 aliphatic carbocycles. The summed E-state index contributed by atoms with van der Waals surface area (Å²) in [6.45, 7) is 4.21. The number of carbonyl (C=O) groups excluding carboxylic acids is 2. The number of rotatable bonds is 7. The Morgan fingerprint density at radius 2 is 1.70 bits per heavy atom. The van der Waals surface area contributed by atoms with Crippen LogP contribution in [0, 0.1) is 23.7 Å². The maximum absolute atomic E-state index is 12.6. The van der Waals surface area contributed by atoms with E-state index < -0.39 is 15.8 Å². The number of hydrogen-bond donors (Lipinski definition) is 1. The first kappa shape index (κ1) is 20.6. The monoisotopic (exact) mass is 398 g/mol. The van der Waals surface area contributed by atoms with Gasteiger partial charge in [0.15, 0.2) is 9.84 Å². The first-order valence-electron chi connectivity index (χ1n) is 10.6. The van der Waals surface area contributed by atoms with Gasteiger partial charge in [-0.2, -0.15) is 0 Å². The third kappa shape index (κ3) is 5.46. The Labute approximate surface area is 163 Å². The Balaban J connectivity index is 1.31. The van der Waals surface area contributed by atoms with Gasteiger partial charge in [-0.3, -0.25) is 9.59 Å². The fourth-order valence-corrected chi connectivity index (χ4v) is 6.46. The lowest BCUT2D eigenvalue weighted by Crippen LogP contribution is -2.55. The molecule has 2 heterocycles. The molecule has 6 nitrogen and oxygen atoms in total. The standard InChI is InChI=1S/C20H34N2O4S/c1-2-3-4-15-5-7-17(8-6-15)20(24)22-12-16(13-22)11-21-19(23)18-9-10-27(25,26)14-18/h15-18H,2-14H2,1H3,(H,21,23). The van der Waals surface area contributed by atoms with Gasteiger partial charge in [0.25, 0.3) is 0 Å². The van der Waals surface area contributed by atoms with Gasteiger partial charge in [-0.1, -0.05) is 26.2 Å². The van der Waals surface area contributed by atoms with Crippen LogP contribution < -0.4 is 5.32 Å². The molecule has 3 fully saturated rings. The first-order valence-corrected chi connectivity index (χ1v) is 12.5. The van der Waals surface area contributed by atoms with E-state index in [2.05, 4.69) is 12.2 Å². The molecule has 2 saturated heterocycles. The summed E-state index contributed by atoms with van der Waals surface area (Å²) in [5.41, 5.74) is 0. The Morgan fingerprint density at radius 3 is 2.30 bits per heavy atom. The van der Waals surface area contributed by atoms with Gasteiger partial charge in [-0.25, -0.2) is 8.42 Å². The zero-order chi connectivity index (χ0) is 19.4. The molecule has 0 aromatic carbocycles. The molecule has 0 bridgehead atoms. The van der Waals surface area contributed by atoms with Crippen molar-refractivity contribution in [2.45, 2.75) is 58.3 Å². The van der Waals surface area contributed by atoms with Crippen molar-refractivity contribution in [3.8, 4) is 0 Å². The maximum Gasteiger partial charge on any atom is 0.225 e. The van der Waals surface area contributed by atoms with E-state index in [-0.39, 0.29) is 23.3 Å². The molecule has 3 rings (SSSR count). The van der Waals surface area contributed by atoms with Crippen LogP contribution in [0.25, 0.3) is 0 Å². The number of nitrogens with zero attached hydrogens (tertiary/aromatic N) is 1. The van der Waals surface area contributed by atoms with E-state index in [1.54, 1.807) is 0 Å². The molecule has 154 valence electrons. The molecule has 1 saturated carbocycles. The summed E-state index contributed by atoms with van der Waals surface area (Å²) < 4.78 is 22.9. The first-order chi connectivity index (χ1) is 12.9. The number of unbranched alkanes of at least 4 members (excludes halogenated alkanes) is 1. The van der Waals surface area contributed by atoms with E-state index in [4.69, 9.17) is 0 Å². The van der Waals surface area contributed by atoms with Crippen LogP contribution in [0.4, 0.5) is 0 Å². The third-order valence-corrected chi connectivity index (χ3v) is 8.37. The summed E-state index contributed by atoms with van der Waals surface area (Å²) in [4.78, 5) is 26.7. The lowest BCUT2D eigenvalue weighted by molar-refractivity contribution is -0.143. The van der Waals surface area contributed by atoms with Crippen molar-refractivity contribution in [3.63, 3.8) is 0 Å². The molecule has 0 aromatic rings. The summed E-state index contributed by atoms with van der Waals surface area (Å²) >= 11 is 0. The zero-order valence-electron chi connectivity index (χ0n) is 16.5. The van der Waals surface area contributed by atoms with E-state index in [1.807, 2.05) is 4.90 Å². The average Bonchev–Trinajstić information content (AvgIpc) is 2.98. The van der Waals surface area contributed by atoms with Crippen molar-refractivity contribution in [3.05, 3.63) is 0 Å². The summed E-state index contributed by atoms with van der Waals surface area (Å²) in [6, 6.07) is 0. The molecule has 1 atom stereocenters. The van der Waals surface area contributed by atoms with Gasteiger partial charge >= 0.3 is 0 Å².